The van der Waals surface area contributed by atoms with Crippen molar-refractivity contribution in [2.45, 2.75) is 6.42 Å². The van der Waals surface area contributed by atoms with Crippen molar-refractivity contribution >= 4 is 11.9 Å². The highest BCUT2D eigenvalue weighted by Crippen LogP contribution is 2.07. The molecule has 1 heterocycles. The summed E-state index contributed by atoms with van der Waals surface area (Å²) >= 11 is 0. The first-order valence-corrected chi connectivity index (χ1v) is 6.43. The Labute approximate surface area is 122 Å². The SMILES string of the molecule is N#CCc1cccc(C(=O)OCCNc2ncccn2)c1. The summed E-state index contributed by atoms with van der Waals surface area (Å²) in [6.45, 7) is 0.632. The summed E-state index contributed by atoms with van der Waals surface area (Å²) in [6, 6.07) is 10.6. The summed E-state index contributed by atoms with van der Waals surface area (Å²) in [5.41, 5.74) is 1.24. The summed E-state index contributed by atoms with van der Waals surface area (Å²) in [5, 5.41) is 11.6. The van der Waals surface area contributed by atoms with E-state index in [4.69, 9.17) is 10.00 Å². The maximum absolute atomic E-state index is 11.8. The van der Waals surface area contributed by atoms with Crippen molar-refractivity contribution in [2.24, 2.45) is 0 Å². The van der Waals surface area contributed by atoms with Crippen LogP contribution in [0.25, 0.3) is 0 Å². The molecule has 2 aromatic rings. The number of hydrogen-bond acceptors (Lipinski definition) is 6. The lowest BCUT2D eigenvalue weighted by atomic mass is 10.1. The van der Waals surface area contributed by atoms with E-state index in [1.165, 1.54) is 0 Å². The quantitative estimate of drug-likeness (QED) is 0.642. The molecule has 1 aromatic heterocycles. The molecular weight excluding hydrogens is 268 g/mol. The van der Waals surface area contributed by atoms with Gasteiger partial charge in [0.1, 0.15) is 6.61 Å². The number of aromatic nitrogens is 2. The molecule has 0 radical (unpaired) electrons. The molecule has 0 bridgehead atoms. The summed E-state index contributed by atoms with van der Waals surface area (Å²) < 4.78 is 5.14. The summed E-state index contributed by atoms with van der Waals surface area (Å²) in [6.07, 6.45) is 3.53. The Hall–Kier alpha value is -2.94. The number of rotatable bonds is 6. The normalized spacial score (nSPS) is 9.67. The number of carbonyl (C=O) groups is 1. The minimum Gasteiger partial charge on any atom is -0.460 e. The Morgan fingerprint density at radius 1 is 1.29 bits per heavy atom. The van der Waals surface area contributed by atoms with Crippen LogP contribution in [0.2, 0.25) is 0 Å². The fourth-order valence-electron chi connectivity index (χ4n) is 1.68. The third kappa shape index (κ3) is 4.58. The van der Waals surface area contributed by atoms with Crippen LogP contribution in [-0.4, -0.2) is 29.1 Å². The van der Waals surface area contributed by atoms with E-state index in [2.05, 4.69) is 15.3 Å². The van der Waals surface area contributed by atoms with Gasteiger partial charge in [-0.1, -0.05) is 12.1 Å². The van der Waals surface area contributed by atoms with Gasteiger partial charge in [0.05, 0.1) is 24.6 Å². The van der Waals surface area contributed by atoms with Crippen LogP contribution in [0.3, 0.4) is 0 Å². The number of carbonyl (C=O) groups excluding carboxylic acids is 1. The molecule has 0 amide bonds. The number of esters is 1. The molecule has 0 aliphatic rings. The Morgan fingerprint density at radius 2 is 2.10 bits per heavy atom. The molecule has 0 saturated carbocycles. The van der Waals surface area contributed by atoms with Crippen molar-refractivity contribution in [3.8, 4) is 6.07 Å². The molecule has 0 aliphatic heterocycles. The van der Waals surface area contributed by atoms with E-state index < -0.39 is 5.97 Å². The molecule has 0 spiro atoms. The smallest absolute Gasteiger partial charge is 0.338 e. The van der Waals surface area contributed by atoms with E-state index in [1.807, 2.05) is 6.07 Å². The molecule has 0 unspecified atom stereocenters. The van der Waals surface area contributed by atoms with E-state index in [-0.39, 0.29) is 13.0 Å². The molecule has 1 N–H and O–H groups in total. The molecule has 6 heteroatoms. The molecule has 106 valence electrons. The third-order valence-corrected chi connectivity index (χ3v) is 2.63. The van der Waals surface area contributed by atoms with E-state index in [1.54, 1.807) is 42.7 Å². The third-order valence-electron chi connectivity index (χ3n) is 2.63. The highest BCUT2D eigenvalue weighted by molar-refractivity contribution is 5.89. The number of nitrogens with one attached hydrogen (secondary N) is 1. The van der Waals surface area contributed by atoms with Crippen LogP contribution in [0.15, 0.2) is 42.7 Å². The average Bonchev–Trinajstić information content (AvgIpc) is 2.53. The van der Waals surface area contributed by atoms with E-state index >= 15 is 0 Å². The number of anilines is 1. The summed E-state index contributed by atoms with van der Waals surface area (Å²) in [7, 11) is 0. The maximum Gasteiger partial charge on any atom is 0.338 e. The fraction of sp³-hybridized carbons (Fsp3) is 0.200. The molecule has 21 heavy (non-hydrogen) atoms. The van der Waals surface area contributed by atoms with Gasteiger partial charge in [-0.2, -0.15) is 5.26 Å². The largest absolute Gasteiger partial charge is 0.460 e. The second kappa shape index (κ2) is 7.60. The van der Waals surface area contributed by atoms with Gasteiger partial charge in [-0.05, 0) is 23.8 Å². The summed E-state index contributed by atoms with van der Waals surface area (Å²) in [4.78, 5) is 19.8. The molecule has 0 fully saturated rings. The number of benzene rings is 1. The Bertz CT molecular complexity index is 638. The zero-order chi connectivity index (χ0) is 14.9. The van der Waals surface area contributed by atoms with Crippen molar-refractivity contribution in [2.75, 3.05) is 18.5 Å². The number of ether oxygens (including phenoxy) is 1. The van der Waals surface area contributed by atoms with Gasteiger partial charge in [0, 0.05) is 12.4 Å². The van der Waals surface area contributed by atoms with Crippen molar-refractivity contribution in [3.63, 3.8) is 0 Å². The van der Waals surface area contributed by atoms with Gasteiger partial charge in [0.15, 0.2) is 0 Å². The van der Waals surface area contributed by atoms with Crippen LogP contribution in [0.4, 0.5) is 5.95 Å². The van der Waals surface area contributed by atoms with E-state index in [0.29, 0.717) is 18.1 Å². The van der Waals surface area contributed by atoms with Crippen LogP contribution in [0.1, 0.15) is 15.9 Å². The molecule has 0 saturated heterocycles. The minimum absolute atomic E-state index is 0.208. The lowest BCUT2D eigenvalue weighted by molar-refractivity contribution is 0.0520. The van der Waals surface area contributed by atoms with Gasteiger partial charge < -0.3 is 10.1 Å². The number of nitriles is 1. The van der Waals surface area contributed by atoms with Gasteiger partial charge in [-0.25, -0.2) is 14.8 Å². The van der Waals surface area contributed by atoms with Crippen molar-refractivity contribution in [1.29, 1.82) is 5.26 Å². The first-order valence-electron chi connectivity index (χ1n) is 6.43. The number of hydrogen-bond donors (Lipinski definition) is 1. The van der Waals surface area contributed by atoms with Crippen LogP contribution in [0, 0.1) is 11.3 Å². The Morgan fingerprint density at radius 3 is 2.86 bits per heavy atom. The topological polar surface area (TPSA) is 87.9 Å². The standard InChI is InChI=1S/C15H14N4O2/c16-6-5-12-3-1-4-13(11-12)14(20)21-10-9-19-15-17-7-2-8-18-15/h1-4,7-8,11H,5,9-10H2,(H,17,18,19). The highest BCUT2D eigenvalue weighted by Gasteiger charge is 2.07. The van der Waals surface area contributed by atoms with Gasteiger partial charge in [0.25, 0.3) is 0 Å². The van der Waals surface area contributed by atoms with Crippen LogP contribution in [-0.2, 0) is 11.2 Å². The lowest BCUT2D eigenvalue weighted by Crippen LogP contribution is -2.15. The maximum atomic E-state index is 11.8. The summed E-state index contributed by atoms with van der Waals surface area (Å²) in [5.74, 6) is 0.0788. The first kappa shape index (κ1) is 14.5. The van der Waals surface area contributed by atoms with Gasteiger partial charge >= 0.3 is 5.97 Å². The predicted octanol–water partition coefficient (Wildman–Crippen LogP) is 1.81. The molecule has 2 rings (SSSR count). The molecule has 6 nitrogen and oxygen atoms in total. The van der Waals surface area contributed by atoms with Gasteiger partial charge in [0.2, 0.25) is 5.95 Å². The lowest BCUT2D eigenvalue weighted by Gasteiger charge is -2.06. The number of nitrogens with zero attached hydrogens (tertiary/aromatic N) is 3. The zero-order valence-electron chi connectivity index (χ0n) is 11.3. The van der Waals surface area contributed by atoms with Gasteiger partial charge in [-0.15, -0.1) is 0 Å². The minimum atomic E-state index is -0.412. The predicted molar refractivity (Wildman–Crippen MR) is 76.6 cm³/mol. The second-order valence-corrected chi connectivity index (χ2v) is 4.17. The highest BCUT2D eigenvalue weighted by atomic mass is 16.5. The van der Waals surface area contributed by atoms with E-state index in [0.717, 1.165) is 5.56 Å². The van der Waals surface area contributed by atoms with E-state index in [9.17, 15) is 4.79 Å². The van der Waals surface area contributed by atoms with Gasteiger partial charge in [-0.3, -0.25) is 0 Å². The molecular formula is C15H14N4O2. The Kier molecular flexibility index (Phi) is 5.24. The van der Waals surface area contributed by atoms with Crippen LogP contribution in [0.5, 0.6) is 0 Å². The van der Waals surface area contributed by atoms with Crippen LogP contribution < -0.4 is 5.32 Å². The fourth-order valence-corrected chi connectivity index (χ4v) is 1.68. The first-order chi connectivity index (χ1) is 10.3. The molecule has 0 aliphatic carbocycles. The monoisotopic (exact) mass is 282 g/mol. The van der Waals surface area contributed by atoms with Crippen LogP contribution >= 0.6 is 0 Å². The molecule has 0 atom stereocenters. The zero-order valence-corrected chi connectivity index (χ0v) is 11.3. The van der Waals surface area contributed by atoms with Crippen molar-refractivity contribution in [1.82, 2.24) is 9.97 Å². The average molecular weight is 282 g/mol. The second-order valence-electron chi connectivity index (χ2n) is 4.17. The Balaban J connectivity index is 1.79. The van der Waals surface area contributed by atoms with Crippen molar-refractivity contribution in [3.05, 3.63) is 53.9 Å². The van der Waals surface area contributed by atoms with Crippen molar-refractivity contribution < 1.29 is 9.53 Å². The molecule has 1 aromatic carbocycles.